The highest BCUT2D eigenvalue weighted by atomic mass is 15.2. The lowest BCUT2D eigenvalue weighted by Crippen LogP contribution is -2.43. The molecule has 0 bridgehead atoms. The summed E-state index contributed by atoms with van der Waals surface area (Å²) in [6.45, 7) is 5.09. The van der Waals surface area contributed by atoms with Crippen molar-refractivity contribution in [3.63, 3.8) is 0 Å². The maximum absolute atomic E-state index is 8.49. The van der Waals surface area contributed by atoms with Crippen molar-refractivity contribution in [2.75, 3.05) is 32.7 Å². The van der Waals surface area contributed by atoms with Crippen LogP contribution in [0.15, 0.2) is 48.7 Å². The molecule has 0 N–H and O–H groups in total. The lowest BCUT2D eigenvalue weighted by Gasteiger charge is -2.33. The largest absolute Gasteiger partial charge is 0.374 e. The van der Waals surface area contributed by atoms with Crippen molar-refractivity contribution in [1.29, 1.82) is 5.26 Å². The van der Waals surface area contributed by atoms with Crippen LogP contribution in [-0.4, -0.2) is 42.5 Å². The van der Waals surface area contributed by atoms with E-state index in [2.05, 4.69) is 46.2 Å². The zero-order chi connectivity index (χ0) is 13.3. The van der Waals surface area contributed by atoms with Gasteiger partial charge in [-0.2, -0.15) is 5.26 Å². The molecular weight excluding hydrogens is 234 g/mol. The number of hydrogen-bond acceptors (Lipinski definition) is 3. The highest BCUT2D eigenvalue weighted by Crippen LogP contribution is 2.04. The molecule has 1 heterocycles. The van der Waals surface area contributed by atoms with Crippen molar-refractivity contribution in [2.24, 2.45) is 0 Å². The van der Waals surface area contributed by atoms with Gasteiger partial charge in [0, 0.05) is 45.0 Å². The summed E-state index contributed by atoms with van der Waals surface area (Å²) in [6.07, 6.45) is 7.82. The van der Waals surface area contributed by atoms with Gasteiger partial charge in [-0.25, -0.2) is 0 Å². The number of benzene rings is 1. The second-order valence-electron chi connectivity index (χ2n) is 4.59. The van der Waals surface area contributed by atoms with Crippen molar-refractivity contribution in [3.05, 3.63) is 54.2 Å². The third kappa shape index (κ3) is 4.61. The van der Waals surface area contributed by atoms with Gasteiger partial charge in [-0.3, -0.25) is 4.90 Å². The van der Waals surface area contributed by atoms with Gasteiger partial charge >= 0.3 is 0 Å². The number of piperazine rings is 1. The number of rotatable bonds is 4. The maximum atomic E-state index is 8.49. The average Bonchev–Trinajstić information content (AvgIpc) is 2.47. The van der Waals surface area contributed by atoms with E-state index in [1.54, 1.807) is 6.08 Å². The Bertz CT molecular complexity index is 463. The van der Waals surface area contributed by atoms with Crippen molar-refractivity contribution in [2.45, 2.75) is 0 Å². The first-order valence-electron chi connectivity index (χ1n) is 6.63. The molecule has 0 aliphatic carbocycles. The third-order valence-electron chi connectivity index (χ3n) is 3.24. The monoisotopic (exact) mass is 253 g/mol. The van der Waals surface area contributed by atoms with Crippen molar-refractivity contribution >= 4 is 6.08 Å². The molecule has 1 aromatic rings. The van der Waals surface area contributed by atoms with E-state index in [9.17, 15) is 0 Å². The summed E-state index contributed by atoms with van der Waals surface area (Å²) in [6, 6.07) is 12.4. The molecule has 0 saturated carbocycles. The number of hydrogen-bond donors (Lipinski definition) is 0. The van der Waals surface area contributed by atoms with Gasteiger partial charge in [0.2, 0.25) is 0 Å². The lowest BCUT2D eigenvalue weighted by molar-refractivity contribution is 0.183. The van der Waals surface area contributed by atoms with Crippen molar-refractivity contribution in [3.8, 4) is 6.07 Å². The minimum absolute atomic E-state index is 0.991. The fraction of sp³-hybridized carbons (Fsp3) is 0.312. The van der Waals surface area contributed by atoms with E-state index in [1.807, 2.05) is 18.3 Å². The lowest BCUT2D eigenvalue weighted by atomic mass is 10.2. The SMILES string of the molecule is N#CC=CN1CCN(CC=Cc2ccccc2)CC1. The van der Waals surface area contributed by atoms with Gasteiger partial charge in [0.05, 0.1) is 6.07 Å². The van der Waals surface area contributed by atoms with E-state index in [-0.39, 0.29) is 0 Å². The van der Waals surface area contributed by atoms with E-state index < -0.39 is 0 Å². The molecule has 1 fully saturated rings. The van der Waals surface area contributed by atoms with E-state index in [0.29, 0.717) is 0 Å². The number of nitriles is 1. The number of allylic oxidation sites excluding steroid dienone is 1. The maximum Gasteiger partial charge on any atom is 0.0927 e. The zero-order valence-corrected chi connectivity index (χ0v) is 11.1. The molecule has 0 aromatic heterocycles. The first kappa shape index (κ1) is 13.4. The molecule has 0 radical (unpaired) electrons. The summed E-state index contributed by atoms with van der Waals surface area (Å²) < 4.78 is 0. The van der Waals surface area contributed by atoms with Crippen LogP contribution in [0.1, 0.15) is 5.56 Å². The second-order valence-corrected chi connectivity index (χ2v) is 4.59. The average molecular weight is 253 g/mol. The molecule has 0 amide bonds. The quantitative estimate of drug-likeness (QED) is 0.772. The number of nitrogens with zero attached hydrogens (tertiary/aromatic N) is 3. The smallest absolute Gasteiger partial charge is 0.0927 e. The van der Waals surface area contributed by atoms with Crippen LogP contribution in [0.4, 0.5) is 0 Å². The molecule has 3 nitrogen and oxygen atoms in total. The van der Waals surface area contributed by atoms with Crippen LogP contribution >= 0.6 is 0 Å². The van der Waals surface area contributed by atoms with Crippen molar-refractivity contribution < 1.29 is 0 Å². The molecule has 0 spiro atoms. The Morgan fingerprint density at radius 1 is 1.11 bits per heavy atom. The van der Waals surface area contributed by atoms with Gasteiger partial charge in [-0.05, 0) is 5.56 Å². The van der Waals surface area contributed by atoms with Gasteiger partial charge < -0.3 is 4.90 Å². The van der Waals surface area contributed by atoms with Gasteiger partial charge in [0.1, 0.15) is 0 Å². The zero-order valence-electron chi connectivity index (χ0n) is 11.1. The van der Waals surface area contributed by atoms with Crippen LogP contribution in [0.25, 0.3) is 6.08 Å². The summed E-state index contributed by atoms with van der Waals surface area (Å²) in [5, 5.41) is 8.49. The van der Waals surface area contributed by atoms with Crippen LogP contribution in [0.3, 0.4) is 0 Å². The second kappa shape index (κ2) is 7.40. The molecule has 1 saturated heterocycles. The summed E-state index contributed by atoms with van der Waals surface area (Å²) in [5.41, 5.74) is 1.25. The molecule has 0 unspecified atom stereocenters. The van der Waals surface area contributed by atoms with Crippen LogP contribution in [0, 0.1) is 11.3 Å². The normalized spacial score (nSPS) is 17.1. The standard InChI is InChI=1S/C16H19N3/c17-9-5-11-19-14-12-18(13-15-19)10-4-8-16-6-2-1-3-7-16/h1-8,11H,10,12-15H2. The molecule has 1 aliphatic heterocycles. The van der Waals surface area contributed by atoms with Crippen LogP contribution in [0.2, 0.25) is 0 Å². The van der Waals surface area contributed by atoms with E-state index >= 15 is 0 Å². The topological polar surface area (TPSA) is 30.3 Å². The molecule has 3 heteroatoms. The summed E-state index contributed by atoms with van der Waals surface area (Å²) in [7, 11) is 0. The predicted molar refractivity (Wildman–Crippen MR) is 78.2 cm³/mol. The third-order valence-corrected chi connectivity index (χ3v) is 3.24. The minimum atomic E-state index is 0.991. The predicted octanol–water partition coefficient (Wildman–Crippen LogP) is 2.35. The highest BCUT2D eigenvalue weighted by Gasteiger charge is 2.12. The highest BCUT2D eigenvalue weighted by molar-refractivity contribution is 5.48. The first-order valence-corrected chi connectivity index (χ1v) is 6.63. The Labute approximate surface area is 115 Å². The van der Waals surface area contributed by atoms with E-state index in [1.165, 1.54) is 5.56 Å². The van der Waals surface area contributed by atoms with Gasteiger partial charge in [-0.1, -0.05) is 42.5 Å². The molecule has 98 valence electrons. The fourth-order valence-corrected chi connectivity index (χ4v) is 2.14. The first-order chi connectivity index (χ1) is 9.38. The van der Waals surface area contributed by atoms with Crippen LogP contribution < -0.4 is 0 Å². The molecular formula is C16H19N3. The van der Waals surface area contributed by atoms with Crippen molar-refractivity contribution in [1.82, 2.24) is 9.80 Å². The Morgan fingerprint density at radius 3 is 2.53 bits per heavy atom. The van der Waals surface area contributed by atoms with Crippen LogP contribution in [0.5, 0.6) is 0 Å². The van der Waals surface area contributed by atoms with Gasteiger partial charge in [-0.15, -0.1) is 0 Å². The summed E-state index contributed by atoms with van der Waals surface area (Å²) in [5.74, 6) is 0. The fourth-order valence-electron chi connectivity index (χ4n) is 2.14. The summed E-state index contributed by atoms with van der Waals surface area (Å²) >= 11 is 0. The van der Waals surface area contributed by atoms with Gasteiger partial charge in [0.25, 0.3) is 0 Å². The Morgan fingerprint density at radius 2 is 1.84 bits per heavy atom. The molecule has 2 rings (SSSR count). The molecule has 1 aliphatic rings. The van der Waals surface area contributed by atoms with E-state index in [0.717, 1.165) is 32.7 Å². The Hall–Kier alpha value is -2.05. The molecule has 19 heavy (non-hydrogen) atoms. The Kier molecular flexibility index (Phi) is 5.21. The van der Waals surface area contributed by atoms with Gasteiger partial charge in [0.15, 0.2) is 0 Å². The molecule has 0 atom stereocenters. The Balaban J connectivity index is 1.73. The van der Waals surface area contributed by atoms with Crippen LogP contribution in [-0.2, 0) is 0 Å². The molecule has 1 aromatic carbocycles. The minimum Gasteiger partial charge on any atom is -0.374 e. The summed E-state index contributed by atoms with van der Waals surface area (Å²) in [4.78, 5) is 4.62. The van der Waals surface area contributed by atoms with E-state index in [4.69, 9.17) is 5.26 Å².